The van der Waals surface area contributed by atoms with E-state index in [4.69, 9.17) is 9.47 Å². The Hall–Kier alpha value is -4.91. The SMILES string of the molecule is COc1ccc(C)cc1/C(O)=C1\C(=O)C(=O)N(Cc2ccncc2)C1c1cccc(Oc2ccccc2)c1. The van der Waals surface area contributed by atoms with Crippen LogP contribution in [0, 0.1) is 6.92 Å². The van der Waals surface area contributed by atoms with Gasteiger partial charge in [-0.15, -0.1) is 0 Å². The van der Waals surface area contributed by atoms with Crippen molar-refractivity contribution in [3.05, 3.63) is 125 Å². The van der Waals surface area contributed by atoms with Crippen molar-refractivity contribution in [2.75, 3.05) is 7.11 Å². The number of aliphatic hydroxyl groups excluding tert-OH is 1. The van der Waals surface area contributed by atoms with Crippen LogP contribution in [0.3, 0.4) is 0 Å². The van der Waals surface area contributed by atoms with Crippen molar-refractivity contribution in [1.82, 2.24) is 9.88 Å². The largest absolute Gasteiger partial charge is 0.507 e. The molecule has 1 N–H and O–H groups in total. The topological polar surface area (TPSA) is 89.0 Å². The van der Waals surface area contributed by atoms with Crippen LogP contribution in [0.25, 0.3) is 5.76 Å². The number of aryl methyl sites for hydroxylation is 1. The number of methoxy groups -OCH3 is 1. The lowest BCUT2D eigenvalue weighted by Crippen LogP contribution is -2.29. The Morgan fingerprint density at radius 2 is 1.66 bits per heavy atom. The fourth-order valence-corrected chi connectivity index (χ4v) is 4.60. The first-order chi connectivity index (χ1) is 18.5. The molecule has 2 heterocycles. The van der Waals surface area contributed by atoms with E-state index >= 15 is 0 Å². The van der Waals surface area contributed by atoms with Crippen LogP contribution in [0.15, 0.2) is 103 Å². The van der Waals surface area contributed by atoms with Crippen LogP contribution in [-0.4, -0.2) is 33.8 Å². The van der Waals surface area contributed by atoms with E-state index in [0.717, 1.165) is 11.1 Å². The predicted molar refractivity (Wildman–Crippen MR) is 143 cm³/mol. The summed E-state index contributed by atoms with van der Waals surface area (Å²) in [6, 6.07) is 24.5. The van der Waals surface area contributed by atoms with Crippen LogP contribution in [0.1, 0.15) is 28.3 Å². The zero-order valence-electron chi connectivity index (χ0n) is 21.0. The monoisotopic (exact) mass is 506 g/mol. The van der Waals surface area contributed by atoms with Crippen LogP contribution in [-0.2, 0) is 16.1 Å². The van der Waals surface area contributed by atoms with E-state index in [1.54, 1.807) is 54.9 Å². The first-order valence-electron chi connectivity index (χ1n) is 12.1. The van der Waals surface area contributed by atoms with Crippen molar-refractivity contribution in [3.8, 4) is 17.2 Å². The zero-order valence-corrected chi connectivity index (χ0v) is 21.0. The second-order valence-corrected chi connectivity index (χ2v) is 8.97. The summed E-state index contributed by atoms with van der Waals surface area (Å²) in [5, 5.41) is 11.5. The number of carbonyl (C=O) groups excluding carboxylic acids is 2. The first-order valence-corrected chi connectivity index (χ1v) is 12.1. The number of rotatable bonds is 7. The van der Waals surface area contributed by atoms with E-state index in [9.17, 15) is 14.7 Å². The van der Waals surface area contributed by atoms with Gasteiger partial charge in [0.05, 0.1) is 24.3 Å². The Morgan fingerprint density at radius 1 is 0.921 bits per heavy atom. The second kappa shape index (κ2) is 10.6. The molecule has 0 aliphatic carbocycles. The third-order valence-corrected chi connectivity index (χ3v) is 6.41. The van der Waals surface area contributed by atoms with Gasteiger partial charge < -0.3 is 19.5 Å². The summed E-state index contributed by atoms with van der Waals surface area (Å²) in [6.07, 6.45) is 3.26. The van der Waals surface area contributed by atoms with Gasteiger partial charge in [-0.2, -0.15) is 0 Å². The number of aromatic nitrogens is 1. The maximum Gasteiger partial charge on any atom is 0.295 e. The van der Waals surface area contributed by atoms with Crippen molar-refractivity contribution >= 4 is 17.4 Å². The molecule has 1 atom stereocenters. The number of carbonyl (C=O) groups is 2. The van der Waals surface area contributed by atoms with Crippen LogP contribution >= 0.6 is 0 Å². The van der Waals surface area contributed by atoms with Crippen molar-refractivity contribution in [3.63, 3.8) is 0 Å². The number of nitrogens with zero attached hydrogens (tertiary/aromatic N) is 2. The van der Waals surface area contributed by atoms with Gasteiger partial charge in [-0.25, -0.2) is 0 Å². The van der Waals surface area contributed by atoms with Crippen molar-refractivity contribution < 1.29 is 24.2 Å². The highest BCUT2D eigenvalue weighted by atomic mass is 16.5. The number of ketones is 1. The second-order valence-electron chi connectivity index (χ2n) is 8.97. The number of Topliss-reactive ketones (excluding diaryl/α,β-unsaturated/α-hetero) is 1. The number of hydrogen-bond acceptors (Lipinski definition) is 6. The zero-order chi connectivity index (χ0) is 26.6. The van der Waals surface area contributed by atoms with Crippen molar-refractivity contribution in [2.24, 2.45) is 0 Å². The van der Waals surface area contributed by atoms with Gasteiger partial charge in [-0.05, 0) is 66.6 Å². The molecule has 5 rings (SSSR count). The number of benzene rings is 3. The van der Waals surface area contributed by atoms with Gasteiger partial charge >= 0.3 is 0 Å². The molecule has 1 aliphatic heterocycles. The van der Waals surface area contributed by atoms with Crippen LogP contribution in [0.2, 0.25) is 0 Å². The lowest BCUT2D eigenvalue weighted by molar-refractivity contribution is -0.140. The van der Waals surface area contributed by atoms with Gasteiger partial charge in [0.1, 0.15) is 23.0 Å². The average Bonchev–Trinajstić information content (AvgIpc) is 3.19. The smallest absolute Gasteiger partial charge is 0.295 e. The quantitative estimate of drug-likeness (QED) is 0.193. The molecule has 0 spiro atoms. The summed E-state index contributed by atoms with van der Waals surface area (Å²) >= 11 is 0. The molecular weight excluding hydrogens is 480 g/mol. The Kier molecular flexibility index (Phi) is 6.91. The molecule has 1 amide bonds. The Bertz CT molecular complexity index is 1520. The molecule has 7 nitrogen and oxygen atoms in total. The van der Waals surface area contributed by atoms with Crippen molar-refractivity contribution in [1.29, 1.82) is 0 Å². The highest BCUT2D eigenvalue weighted by Gasteiger charge is 2.46. The standard InChI is InChI=1S/C31H26N2O5/c1-20-11-12-26(37-2)25(17-20)29(34)27-28(33(31(36)30(27)35)19-21-13-15-32-16-14-21)22-7-6-10-24(18-22)38-23-8-4-3-5-9-23/h3-18,28,34H,19H2,1-2H3/b29-27+. The Morgan fingerprint density at radius 3 is 2.39 bits per heavy atom. The lowest BCUT2D eigenvalue weighted by atomic mass is 9.94. The molecule has 1 unspecified atom stereocenters. The highest BCUT2D eigenvalue weighted by Crippen LogP contribution is 2.42. The predicted octanol–water partition coefficient (Wildman–Crippen LogP) is 5.81. The maximum absolute atomic E-state index is 13.5. The number of pyridine rings is 1. The van der Waals surface area contributed by atoms with Gasteiger partial charge in [0.2, 0.25) is 0 Å². The fourth-order valence-electron chi connectivity index (χ4n) is 4.60. The summed E-state index contributed by atoms with van der Waals surface area (Å²) in [6.45, 7) is 2.03. The molecule has 0 bridgehead atoms. The molecular formula is C31H26N2O5. The van der Waals surface area contributed by atoms with Gasteiger partial charge in [-0.3, -0.25) is 14.6 Å². The maximum atomic E-state index is 13.5. The molecule has 4 aromatic rings. The number of likely N-dealkylation sites (tertiary alicyclic amines) is 1. The van der Waals surface area contributed by atoms with Crippen LogP contribution in [0.5, 0.6) is 17.2 Å². The summed E-state index contributed by atoms with van der Waals surface area (Å²) in [5.41, 5.74) is 2.63. The normalized spacial score (nSPS) is 16.5. The minimum Gasteiger partial charge on any atom is -0.507 e. The Labute approximate surface area is 220 Å². The van der Waals surface area contributed by atoms with E-state index in [2.05, 4.69) is 4.98 Å². The van der Waals surface area contributed by atoms with Gasteiger partial charge in [0.15, 0.2) is 0 Å². The lowest BCUT2D eigenvalue weighted by Gasteiger charge is -2.26. The molecule has 190 valence electrons. The molecule has 7 heteroatoms. The van der Waals surface area contributed by atoms with Crippen molar-refractivity contribution in [2.45, 2.75) is 19.5 Å². The summed E-state index contributed by atoms with van der Waals surface area (Å²) < 4.78 is 11.5. The van der Waals surface area contributed by atoms with E-state index in [1.807, 2.05) is 49.4 Å². The molecule has 1 saturated heterocycles. The number of amides is 1. The average molecular weight is 507 g/mol. The Balaban J connectivity index is 1.65. The summed E-state index contributed by atoms with van der Waals surface area (Å²) in [4.78, 5) is 32.4. The van der Waals surface area contributed by atoms with Crippen LogP contribution in [0.4, 0.5) is 0 Å². The van der Waals surface area contributed by atoms with E-state index < -0.39 is 17.7 Å². The third-order valence-electron chi connectivity index (χ3n) is 6.41. The van der Waals surface area contributed by atoms with Gasteiger partial charge in [0.25, 0.3) is 11.7 Å². The molecule has 3 aromatic carbocycles. The van der Waals surface area contributed by atoms with Gasteiger partial charge in [0, 0.05) is 18.9 Å². The van der Waals surface area contributed by atoms with Crippen LogP contribution < -0.4 is 9.47 Å². The molecule has 0 saturated carbocycles. The minimum absolute atomic E-state index is 0.00943. The van der Waals surface area contributed by atoms with E-state index in [-0.39, 0.29) is 17.9 Å². The van der Waals surface area contributed by atoms with Gasteiger partial charge in [-0.1, -0.05) is 42.0 Å². The van der Waals surface area contributed by atoms with E-state index in [1.165, 1.54) is 12.0 Å². The number of para-hydroxylation sites is 1. The summed E-state index contributed by atoms with van der Waals surface area (Å²) in [5.74, 6) is -0.168. The molecule has 1 aromatic heterocycles. The number of hydrogen-bond donors (Lipinski definition) is 1. The number of ether oxygens (including phenoxy) is 2. The third kappa shape index (κ3) is 4.86. The number of aliphatic hydroxyl groups is 1. The minimum atomic E-state index is -0.854. The fraction of sp³-hybridized carbons (Fsp3) is 0.129. The molecule has 38 heavy (non-hydrogen) atoms. The molecule has 0 radical (unpaired) electrons. The molecule has 1 aliphatic rings. The highest BCUT2D eigenvalue weighted by molar-refractivity contribution is 6.46. The summed E-state index contributed by atoms with van der Waals surface area (Å²) in [7, 11) is 1.49. The van der Waals surface area contributed by atoms with E-state index in [0.29, 0.717) is 28.4 Å². The first kappa shape index (κ1) is 24.8. The molecule has 1 fully saturated rings.